The maximum Gasteiger partial charge on any atom is 0.0788 e. The number of hydrogen-bond donors (Lipinski definition) is 0. The van der Waals surface area contributed by atoms with Crippen molar-refractivity contribution in [1.29, 1.82) is 0 Å². The van der Waals surface area contributed by atoms with Crippen LogP contribution in [0, 0.1) is 0 Å². The lowest BCUT2D eigenvalue weighted by atomic mass is 9.40. The van der Waals surface area contributed by atoms with Gasteiger partial charge in [0, 0.05) is 113 Å². The summed E-state index contributed by atoms with van der Waals surface area (Å²) in [5, 5.41) is 7.50. The lowest BCUT2D eigenvalue weighted by molar-refractivity contribution is 0.745. The largest absolute Gasteiger partial charge is 0.331 e. The van der Waals surface area contributed by atoms with E-state index in [1.807, 2.05) is 0 Å². The number of benzene rings is 9. The highest BCUT2D eigenvalue weighted by Crippen LogP contribution is 2.54. The predicted octanol–water partition coefficient (Wildman–Crippen LogP) is 13.1. The van der Waals surface area contributed by atoms with E-state index in [0.717, 1.165) is 24.1 Å². The van der Waals surface area contributed by atoms with Crippen molar-refractivity contribution >= 4 is 123 Å². The van der Waals surface area contributed by atoms with Crippen LogP contribution in [0.2, 0.25) is 0 Å². The van der Waals surface area contributed by atoms with E-state index in [0.29, 0.717) is 0 Å². The summed E-state index contributed by atoms with van der Waals surface area (Å²) < 4.78 is 7.46. The van der Waals surface area contributed by atoms with Crippen molar-refractivity contribution in [2.24, 2.45) is 0 Å². The first kappa shape index (κ1) is 44.5. The fraction of sp³-hybridized carbons (Fsp3) is 0.0333. The summed E-state index contributed by atoms with van der Waals surface area (Å²) in [6.45, 7) is 0. The fourth-order valence-electron chi connectivity index (χ4n) is 11.3. The van der Waals surface area contributed by atoms with Crippen LogP contribution in [0.15, 0.2) is 231 Å². The highest BCUT2D eigenvalue weighted by atomic mass is 15.2. The molecule has 12 radical (unpaired) electrons. The third-order valence-electron chi connectivity index (χ3n) is 13.9. The van der Waals surface area contributed by atoms with Crippen LogP contribution in [-0.2, 0) is 0 Å². The molecule has 3 aromatic heterocycles. The van der Waals surface area contributed by atoms with Crippen molar-refractivity contribution in [1.82, 2.24) is 13.7 Å². The van der Waals surface area contributed by atoms with E-state index in [1.165, 1.54) is 93.5 Å². The third-order valence-corrected chi connectivity index (χ3v) is 13.9. The Kier molecular flexibility index (Phi) is 11.8. The molecule has 0 bridgehead atoms. The standard InChI is InChI=1S/C60H40N4.B3.B2.B/c1-3-19-40(20-4-1)61-53-30-13-8-25-44(53)48-34-35-49-46-27-10-15-32-55(46)63(58(49)57(48)61)42-23-17-18-39(38-42)43-24-7-12-29-52(43)64-56-33-16-11-28-47(56)51-37-36-50-45-26-9-14-31-54(45)62(59(50)60(51)64)41-21-5-2-6-22-41;1-3-2;1-2;/h1-38,47,56H;;;. The number of aromatic nitrogens is 3. The molecule has 9 aromatic carbocycles. The van der Waals surface area contributed by atoms with Gasteiger partial charge in [-0.05, 0) is 71.8 Å². The molecule has 0 amide bonds. The van der Waals surface area contributed by atoms with Crippen LogP contribution in [0.4, 0.5) is 11.4 Å². The Morgan fingerprint density at radius 2 is 0.843 bits per heavy atom. The molecule has 318 valence electrons. The lowest BCUT2D eigenvalue weighted by Crippen LogP contribution is -2.29. The first-order chi connectivity index (χ1) is 34.2. The molecule has 2 aliphatic rings. The summed E-state index contributed by atoms with van der Waals surface area (Å²) in [5.74, 6) is 0.211. The minimum absolute atomic E-state index is 0. The average molecular weight is 882 g/mol. The van der Waals surface area contributed by atoms with E-state index in [-0.39, 0.29) is 20.4 Å². The Balaban J connectivity index is 0.000000859. The molecule has 0 fully saturated rings. The normalized spacial score (nSPS) is 14.5. The molecule has 1 aliphatic carbocycles. The van der Waals surface area contributed by atoms with Gasteiger partial charge in [-0.1, -0.05) is 170 Å². The molecular formula is C60H40B6N4. The van der Waals surface area contributed by atoms with Gasteiger partial charge in [-0.3, -0.25) is 0 Å². The van der Waals surface area contributed by atoms with Crippen LogP contribution < -0.4 is 4.90 Å². The molecule has 10 heteroatoms. The number of anilines is 2. The molecule has 4 nitrogen and oxygen atoms in total. The van der Waals surface area contributed by atoms with Gasteiger partial charge < -0.3 is 18.6 Å². The van der Waals surface area contributed by atoms with Gasteiger partial charge in [0.1, 0.15) is 0 Å². The van der Waals surface area contributed by atoms with E-state index in [2.05, 4.69) is 280 Å². The summed E-state index contributed by atoms with van der Waals surface area (Å²) in [5.41, 5.74) is 16.9. The molecule has 12 aromatic rings. The summed E-state index contributed by atoms with van der Waals surface area (Å²) in [6.07, 6.45) is 9.24. The Morgan fingerprint density at radius 1 is 0.400 bits per heavy atom. The fourth-order valence-corrected chi connectivity index (χ4v) is 11.3. The molecule has 1 aliphatic heterocycles. The highest BCUT2D eigenvalue weighted by Gasteiger charge is 2.41. The van der Waals surface area contributed by atoms with Crippen molar-refractivity contribution in [2.45, 2.75) is 12.0 Å². The van der Waals surface area contributed by atoms with Crippen LogP contribution in [-0.4, -0.2) is 66.2 Å². The van der Waals surface area contributed by atoms with Crippen molar-refractivity contribution in [3.8, 4) is 28.2 Å². The van der Waals surface area contributed by atoms with Crippen LogP contribution in [0.5, 0.6) is 0 Å². The van der Waals surface area contributed by atoms with E-state index < -0.39 is 0 Å². The number of allylic oxidation sites excluding steroid dienone is 2. The zero-order valence-electron chi connectivity index (χ0n) is 38.3. The Hall–Kier alpha value is -7.95. The smallest absolute Gasteiger partial charge is 0.0788 e. The van der Waals surface area contributed by atoms with Gasteiger partial charge in [-0.25, -0.2) is 0 Å². The molecule has 2 unspecified atom stereocenters. The monoisotopic (exact) mass is 882 g/mol. The number of hydrogen-bond acceptors (Lipinski definition) is 1. The zero-order valence-corrected chi connectivity index (χ0v) is 38.3. The van der Waals surface area contributed by atoms with Crippen molar-refractivity contribution in [2.75, 3.05) is 4.90 Å². The number of nitrogens with zero attached hydrogens (tertiary/aromatic N) is 4. The van der Waals surface area contributed by atoms with Crippen LogP contribution in [0.1, 0.15) is 11.5 Å². The first-order valence-corrected chi connectivity index (χ1v) is 23.3. The van der Waals surface area contributed by atoms with Gasteiger partial charge in [0.15, 0.2) is 0 Å². The Bertz CT molecular complexity index is 3970. The average Bonchev–Trinajstić information content (AvgIpc) is 4.15. The van der Waals surface area contributed by atoms with Gasteiger partial charge >= 0.3 is 0 Å². The molecule has 4 heterocycles. The van der Waals surface area contributed by atoms with E-state index in [9.17, 15) is 0 Å². The molecule has 0 spiro atoms. The zero-order chi connectivity index (χ0) is 46.6. The van der Waals surface area contributed by atoms with E-state index in [1.54, 1.807) is 0 Å². The summed E-state index contributed by atoms with van der Waals surface area (Å²) in [7, 11) is 18.0. The predicted molar refractivity (Wildman–Crippen MR) is 303 cm³/mol. The summed E-state index contributed by atoms with van der Waals surface area (Å²) in [6, 6.07) is 76.1. The second-order valence-corrected chi connectivity index (χ2v) is 17.4. The lowest BCUT2D eigenvalue weighted by Gasteiger charge is -2.31. The summed E-state index contributed by atoms with van der Waals surface area (Å²) in [4.78, 5) is 2.64. The molecule has 2 atom stereocenters. The quantitative estimate of drug-likeness (QED) is 0.158. The van der Waals surface area contributed by atoms with Gasteiger partial charge in [0.25, 0.3) is 0 Å². The summed E-state index contributed by atoms with van der Waals surface area (Å²) >= 11 is 0. The number of rotatable bonds is 5. The van der Waals surface area contributed by atoms with Crippen LogP contribution >= 0.6 is 0 Å². The topological polar surface area (TPSA) is 18.0 Å². The first-order valence-electron chi connectivity index (χ1n) is 23.3. The maximum absolute atomic E-state index is 4.50. The minimum atomic E-state index is 0. The molecule has 0 N–H and O–H groups in total. The van der Waals surface area contributed by atoms with Crippen LogP contribution in [0.25, 0.3) is 93.6 Å². The third kappa shape index (κ3) is 6.83. The van der Waals surface area contributed by atoms with Crippen LogP contribution in [0.3, 0.4) is 0 Å². The van der Waals surface area contributed by atoms with E-state index in [4.69, 9.17) is 0 Å². The van der Waals surface area contributed by atoms with Crippen molar-refractivity contribution in [3.05, 3.63) is 236 Å². The van der Waals surface area contributed by atoms with Gasteiger partial charge in [-0.2, -0.15) is 0 Å². The van der Waals surface area contributed by atoms with E-state index >= 15 is 0 Å². The Morgan fingerprint density at radius 3 is 1.43 bits per heavy atom. The minimum Gasteiger partial charge on any atom is -0.331 e. The highest BCUT2D eigenvalue weighted by molar-refractivity contribution is 7.17. The SMILES string of the molecule is C1=CC2c3ccc4c5ccccc5n(-c5ccccc5)c4c3N(c3ccccc3-c3cccc(-n4c5ccccc5c5ccc6c7ccccc7n(-c7ccccc7)c6c54)c3)C2C=C1.[B].[B][B].[B][B][B]. The molecule has 0 saturated heterocycles. The molecule has 0 saturated carbocycles. The second kappa shape index (κ2) is 18.5. The number of para-hydroxylation sites is 6. The number of fused-ring (bicyclic) bond motifs is 14. The molecular weight excluding hydrogens is 842 g/mol. The van der Waals surface area contributed by atoms with Gasteiger partial charge in [0.05, 0.1) is 44.8 Å². The second-order valence-electron chi connectivity index (χ2n) is 17.4. The van der Waals surface area contributed by atoms with Gasteiger partial charge in [-0.15, -0.1) is 0 Å². The maximum atomic E-state index is 4.50. The Labute approximate surface area is 415 Å². The van der Waals surface area contributed by atoms with Gasteiger partial charge in [0.2, 0.25) is 0 Å². The molecule has 14 rings (SSSR count). The van der Waals surface area contributed by atoms with Crippen molar-refractivity contribution in [3.63, 3.8) is 0 Å². The molecule has 70 heavy (non-hydrogen) atoms. The van der Waals surface area contributed by atoms with Crippen molar-refractivity contribution < 1.29 is 0 Å².